The van der Waals surface area contributed by atoms with Gasteiger partial charge in [-0.1, -0.05) is 13.8 Å². The molecule has 1 N–H and O–H groups in total. The maximum atomic E-state index is 14.7. The van der Waals surface area contributed by atoms with Gasteiger partial charge in [0.2, 0.25) is 0 Å². The van der Waals surface area contributed by atoms with E-state index in [2.05, 4.69) is 10.3 Å². The van der Waals surface area contributed by atoms with Crippen LogP contribution in [0.3, 0.4) is 0 Å². The summed E-state index contributed by atoms with van der Waals surface area (Å²) in [6, 6.07) is 12.7. The molecule has 0 spiro atoms. The fraction of sp³-hybridized carbons (Fsp3) is 0.167. The van der Waals surface area contributed by atoms with Crippen molar-refractivity contribution in [2.24, 2.45) is 0 Å². The van der Waals surface area contributed by atoms with Crippen LogP contribution in [0, 0.1) is 17.5 Å². The van der Waals surface area contributed by atoms with E-state index in [-0.39, 0.29) is 22.4 Å². The number of rotatable bonds is 5. The Balaban J connectivity index is 2.04. The van der Waals surface area contributed by atoms with Crippen LogP contribution in [0.5, 0.6) is 0 Å². The highest BCUT2D eigenvalue weighted by molar-refractivity contribution is 5.84. The lowest BCUT2D eigenvalue weighted by Crippen LogP contribution is -2.16. The standard InChI is InChI=1S/C24H20F3N3O/c1-3-14(2)22-19(27)13-28-24-23(22)20(31)12-21(29-17-8-4-15(25)5-9-17)30(24)18-10-6-16(26)7-11-18/h4-14,29H,3H2,1-2H3. The van der Waals surface area contributed by atoms with Gasteiger partial charge in [0.1, 0.15) is 28.9 Å². The van der Waals surface area contributed by atoms with Gasteiger partial charge in [0.05, 0.1) is 11.6 Å². The molecule has 31 heavy (non-hydrogen) atoms. The van der Waals surface area contributed by atoms with E-state index in [0.717, 1.165) is 6.20 Å². The SMILES string of the molecule is CCC(C)c1c(F)cnc2c1c(=O)cc(Nc1ccc(F)cc1)n2-c1ccc(F)cc1. The van der Waals surface area contributed by atoms with Gasteiger partial charge in [-0.25, -0.2) is 18.2 Å². The van der Waals surface area contributed by atoms with Gasteiger partial charge < -0.3 is 5.32 Å². The molecule has 1 atom stereocenters. The Morgan fingerprint density at radius 1 is 1.00 bits per heavy atom. The van der Waals surface area contributed by atoms with Gasteiger partial charge in [0, 0.05) is 23.0 Å². The summed E-state index contributed by atoms with van der Waals surface area (Å²) >= 11 is 0. The topological polar surface area (TPSA) is 46.9 Å². The molecule has 4 rings (SSSR count). The summed E-state index contributed by atoms with van der Waals surface area (Å²) in [5.41, 5.74) is 1.24. The van der Waals surface area contributed by atoms with Gasteiger partial charge >= 0.3 is 0 Å². The second-order valence-corrected chi connectivity index (χ2v) is 7.37. The molecule has 158 valence electrons. The first-order valence-corrected chi connectivity index (χ1v) is 9.91. The van der Waals surface area contributed by atoms with E-state index in [1.165, 1.54) is 42.5 Å². The third-order valence-electron chi connectivity index (χ3n) is 5.32. The maximum Gasteiger partial charge on any atom is 0.193 e. The van der Waals surface area contributed by atoms with Gasteiger partial charge in [-0.15, -0.1) is 0 Å². The molecule has 0 aliphatic carbocycles. The first-order chi connectivity index (χ1) is 14.9. The monoisotopic (exact) mass is 423 g/mol. The van der Waals surface area contributed by atoms with E-state index in [1.54, 1.807) is 16.7 Å². The summed E-state index contributed by atoms with van der Waals surface area (Å²) in [7, 11) is 0. The lowest BCUT2D eigenvalue weighted by atomic mass is 9.95. The quantitative estimate of drug-likeness (QED) is 0.424. The minimum Gasteiger partial charge on any atom is -0.341 e. The zero-order valence-corrected chi connectivity index (χ0v) is 17.0. The van der Waals surface area contributed by atoms with E-state index >= 15 is 0 Å². The molecule has 2 aromatic heterocycles. The van der Waals surface area contributed by atoms with Crippen LogP contribution in [0.1, 0.15) is 31.7 Å². The summed E-state index contributed by atoms with van der Waals surface area (Å²) in [4.78, 5) is 17.3. The molecule has 0 amide bonds. The third kappa shape index (κ3) is 3.91. The van der Waals surface area contributed by atoms with Gasteiger partial charge in [-0.2, -0.15) is 0 Å². The average molecular weight is 423 g/mol. The van der Waals surface area contributed by atoms with Gasteiger partial charge in [0.25, 0.3) is 0 Å². The highest BCUT2D eigenvalue weighted by Gasteiger charge is 2.21. The third-order valence-corrected chi connectivity index (χ3v) is 5.32. The first kappa shape index (κ1) is 20.7. The van der Waals surface area contributed by atoms with Crippen molar-refractivity contribution in [3.05, 3.63) is 94.0 Å². The predicted octanol–water partition coefficient (Wildman–Crippen LogP) is 6.06. The Labute approximate surface area is 177 Å². The normalized spacial score (nSPS) is 12.2. The largest absolute Gasteiger partial charge is 0.341 e. The van der Waals surface area contributed by atoms with E-state index in [9.17, 15) is 18.0 Å². The molecule has 7 heteroatoms. The minimum absolute atomic E-state index is 0.184. The molecule has 1 unspecified atom stereocenters. The molecule has 0 saturated heterocycles. The molecule has 0 aliphatic rings. The number of hydrogen-bond acceptors (Lipinski definition) is 3. The van der Waals surface area contributed by atoms with Crippen LogP contribution in [-0.4, -0.2) is 9.55 Å². The van der Waals surface area contributed by atoms with E-state index < -0.39 is 17.5 Å². The Hall–Kier alpha value is -3.61. The molecule has 2 aromatic carbocycles. The fourth-order valence-corrected chi connectivity index (χ4v) is 3.59. The lowest BCUT2D eigenvalue weighted by molar-refractivity contribution is 0.582. The minimum atomic E-state index is -0.538. The fourth-order valence-electron chi connectivity index (χ4n) is 3.59. The number of nitrogens with one attached hydrogen (secondary N) is 1. The van der Waals surface area contributed by atoms with Crippen LogP contribution in [0.4, 0.5) is 24.7 Å². The summed E-state index contributed by atoms with van der Waals surface area (Å²) < 4.78 is 43.2. The second-order valence-electron chi connectivity index (χ2n) is 7.37. The Kier molecular flexibility index (Phi) is 5.50. The number of aromatic nitrogens is 2. The van der Waals surface area contributed by atoms with Gasteiger partial charge in [-0.05, 0) is 60.9 Å². The summed E-state index contributed by atoms with van der Waals surface area (Å²) in [5.74, 6) is -1.21. The molecular weight excluding hydrogens is 403 g/mol. The Morgan fingerprint density at radius 2 is 1.61 bits per heavy atom. The van der Waals surface area contributed by atoms with Crippen molar-refractivity contribution in [1.82, 2.24) is 9.55 Å². The number of benzene rings is 2. The van der Waals surface area contributed by atoms with Crippen LogP contribution >= 0.6 is 0 Å². The van der Waals surface area contributed by atoms with Crippen molar-refractivity contribution >= 4 is 22.5 Å². The molecule has 0 aliphatic heterocycles. The molecule has 0 saturated carbocycles. The number of pyridine rings is 2. The summed E-state index contributed by atoms with van der Waals surface area (Å²) in [5, 5.41) is 3.28. The van der Waals surface area contributed by atoms with Crippen molar-refractivity contribution in [1.29, 1.82) is 0 Å². The summed E-state index contributed by atoms with van der Waals surface area (Å²) in [6.07, 6.45) is 1.74. The van der Waals surface area contributed by atoms with Gasteiger partial charge in [0.15, 0.2) is 5.43 Å². The van der Waals surface area contributed by atoms with Crippen LogP contribution in [0.15, 0.2) is 65.6 Å². The van der Waals surface area contributed by atoms with Crippen molar-refractivity contribution in [3.8, 4) is 5.69 Å². The molecule has 0 radical (unpaired) electrons. The molecule has 0 fully saturated rings. The van der Waals surface area contributed by atoms with Crippen LogP contribution < -0.4 is 10.7 Å². The van der Waals surface area contributed by atoms with Crippen LogP contribution in [0.25, 0.3) is 16.7 Å². The number of nitrogens with zero attached hydrogens (tertiary/aromatic N) is 2. The molecule has 2 heterocycles. The van der Waals surface area contributed by atoms with Gasteiger partial charge in [-0.3, -0.25) is 9.36 Å². The van der Waals surface area contributed by atoms with E-state index in [4.69, 9.17) is 0 Å². The number of halogens is 3. The van der Waals surface area contributed by atoms with Crippen LogP contribution in [0.2, 0.25) is 0 Å². The zero-order chi connectivity index (χ0) is 22.1. The first-order valence-electron chi connectivity index (χ1n) is 9.91. The Morgan fingerprint density at radius 3 is 2.23 bits per heavy atom. The van der Waals surface area contributed by atoms with Crippen molar-refractivity contribution in [2.75, 3.05) is 5.32 Å². The van der Waals surface area contributed by atoms with Crippen molar-refractivity contribution < 1.29 is 13.2 Å². The second kappa shape index (κ2) is 8.26. The van der Waals surface area contributed by atoms with E-state index in [1.807, 2.05) is 13.8 Å². The van der Waals surface area contributed by atoms with Crippen molar-refractivity contribution in [2.45, 2.75) is 26.2 Å². The number of fused-ring (bicyclic) bond motifs is 1. The number of anilines is 2. The predicted molar refractivity (Wildman–Crippen MR) is 116 cm³/mol. The summed E-state index contributed by atoms with van der Waals surface area (Å²) in [6.45, 7) is 3.77. The van der Waals surface area contributed by atoms with Crippen molar-refractivity contribution in [3.63, 3.8) is 0 Å². The zero-order valence-electron chi connectivity index (χ0n) is 17.0. The molecule has 4 aromatic rings. The lowest BCUT2D eigenvalue weighted by Gasteiger charge is -2.20. The average Bonchev–Trinajstić information content (AvgIpc) is 2.76. The Bertz CT molecular complexity index is 1300. The van der Waals surface area contributed by atoms with E-state index in [0.29, 0.717) is 29.2 Å². The molecule has 0 bridgehead atoms. The number of hydrogen-bond donors (Lipinski definition) is 1. The molecule has 4 nitrogen and oxygen atoms in total. The highest BCUT2D eigenvalue weighted by atomic mass is 19.1. The molecular formula is C24H20F3N3O. The maximum absolute atomic E-state index is 14.7. The smallest absolute Gasteiger partial charge is 0.193 e. The highest BCUT2D eigenvalue weighted by Crippen LogP contribution is 2.31. The van der Waals surface area contributed by atoms with Crippen LogP contribution in [-0.2, 0) is 0 Å².